The molecule has 6 nitrogen and oxygen atoms in total. The molecule has 4 rings (SSSR count). The van der Waals surface area contributed by atoms with Gasteiger partial charge in [0.2, 0.25) is 0 Å². The summed E-state index contributed by atoms with van der Waals surface area (Å²) in [5, 5.41) is 5.57. The quantitative estimate of drug-likeness (QED) is 0.640. The highest BCUT2D eigenvalue weighted by Crippen LogP contribution is 2.27. The van der Waals surface area contributed by atoms with Crippen LogP contribution < -0.4 is 10.6 Å². The summed E-state index contributed by atoms with van der Waals surface area (Å²) in [6.45, 7) is 1.56. The van der Waals surface area contributed by atoms with Crippen LogP contribution in [-0.2, 0) is 10.0 Å². The topological polar surface area (TPSA) is 87.6 Å². The van der Waals surface area contributed by atoms with Crippen LogP contribution in [0.3, 0.4) is 0 Å². The van der Waals surface area contributed by atoms with Crippen LogP contribution in [0.15, 0.2) is 76.0 Å². The van der Waals surface area contributed by atoms with E-state index in [-0.39, 0.29) is 16.3 Å². The van der Waals surface area contributed by atoms with E-state index in [0.29, 0.717) is 16.8 Å². The van der Waals surface area contributed by atoms with Gasteiger partial charge in [-0.1, -0.05) is 12.1 Å². The van der Waals surface area contributed by atoms with Crippen LogP contribution in [0.5, 0.6) is 0 Å². The van der Waals surface area contributed by atoms with E-state index in [1.165, 1.54) is 18.2 Å². The number of fused-ring (bicyclic) bond motifs is 1. The summed E-state index contributed by atoms with van der Waals surface area (Å²) < 4.78 is 55.3. The van der Waals surface area contributed by atoms with Gasteiger partial charge in [-0.25, -0.2) is 8.78 Å². The Kier molecular flexibility index (Phi) is 5.28. The summed E-state index contributed by atoms with van der Waals surface area (Å²) in [6.07, 6.45) is 0. The molecule has 0 fully saturated rings. The van der Waals surface area contributed by atoms with Crippen molar-refractivity contribution in [3.63, 3.8) is 0 Å². The van der Waals surface area contributed by atoms with Crippen molar-refractivity contribution in [2.45, 2.75) is 17.9 Å². The van der Waals surface area contributed by atoms with Crippen LogP contribution in [-0.4, -0.2) is 20.2 Å². The first-order chi connectivity index (χ1) is 14.7. The Balaban J connectivity index is 1.47. The molecule has 3 aromatic rings. The molecule has 1 heterocycles. The van der Waals surface area contributed by atoms with Crippen LogP contribution >= 0.6 is 0 Å². The third-order valence-corrected chi connectivity index (χ3v) is 6.15. The van der Waals surface area contributed by atoms with Crippen LogP contribution in [0.2, 0.25) is 0 Å². The molecule has 2 N–H and O–H groups in total. The van der Waals surface area contributed by atoms with E-state index >= 15 is 0 Å². The number of amidine groups is 1. The van der Waals surface area contributed by atoms with Gasteiger partial charge in [0.15, 0.2) is 5.84 Å². The molecular formula is C22H17F2N3O3S. The highest BCUT2D eigenvalue weighted by molar-refractivity contribution is 7.90. The Hall–Kier alpha value is -3.59. The van der Waals surface area contributed by atoms with Gasteiger partial charge < -0.3 is 10.6 Å². The maximum absolute atomic E-state index is 13.9. The number of amides is 1. The number of carbonyl (C=O) groups is 1. The molecule has 0 saturated heterocycles. The first kappa shape index (κ1) is 20.7. The number of rotatable bonds is 4. The van der Waals surface area contributed by atoms with Gasteiger partial charge in [-0.3, -0.25) is 4.79 Å². The first-order valence-corrected chi connectivity index (χ1v) is 10.8. The molecule has 0 spiro atoms. The highest BCUT2D eigenvalue weighted by Gasteiger charge is 2.28. The van der Waals surface area contributed by atoms with Gasteiger partial charge in [0.25, 0.3) is 15.9 Å². The Morgan fingerprint density at radius 2 is 1.71 bits per heavy atom. The van der Waals surface area contributed by atoms with Crippen LogP contribution in [0.25, 0.3) is 0 Å². The number of anilines is 1. The Bertz CT molecular complexity index is 1310. The molecule has 1 aliphatic rings. The fourth-order valence-electron chi connectivity index (χ4n) is 3.24. The van der Waals surface area contributed by atoms with E-state index in [2.05, 4.69) is 15.0 Å². The molecule has 0 saturated carbocycles. The minimum Gasteiger partial charge on any atom is -0.345 e. The van der Waals surface area contributed by atoms with Crippen LogP contribution in [0.4, 0.5) is 14.5 Å². The number of hydrogen-bond donors (Lipinski definition) is 2. The predicted octanol–water partition coefficient (Wildman–Crippen LogP) is 4.02. The lowest BCUT2D eigenvalue weighted by atomic mass is 10.1. The highest BCUT2D eigenvalue weighted by atomic mass is 32.2. The van der Waals surface area contributed by atoms with Gasteiger partial charge in [0.05, 0.1) is 6.04 Å². The van der Waals surface area contributed by atoms with Crippen molar-refractivity contribution in [3.05, 3.63) is 95.1 Å². The zero-order valence-electron chi connectivity index (χ0n) is 16.3. The number of halogens is 2. The van der Waals surface area contributed by atoms with Gasteiger partial charge in [0, 0.05) is 22.4 Å². The summed E-state index contributed by atoms with van der Waals surface area (Å²) >= 11 is 0. The molecule has 158 valence electrons. The average Bonchev–Trinajstić information content (AvgIpc) is 3.00. The first-order valence-electron chi connectivity index (χ1n) is 9.32. The van der Waals surface area contributed by atoms with Crippen molar-refractivity contribution in [2.75, 3.05) is 5.32 Å². The standard InChI is InChI=1S/C22H17F2N3O3S/c1-13(18-12-15(23)8-11-19(18)24)25-22(28)14-6-9-16(10-7-14)26-21-17-4-2-3-5-20(17)31(29,30)27-21/h2-13H,1H3,(H,25,28)(H,26,27). The molecule has 1 amide bonds. The second-order valence-electron chi connectivity index (χ2n) is 6.97. The van der Waals surface area contributed by atoms with Crippen molar-refractivity contribution in [3.8, 4) is 0 Å². The molecule has 0 radical (unpaired) electrons. The molecule has 1 unspecified atom stereocenters. The molecule has 1 atom stereocenters. The van der Waals surface area contributed by atoms with E-state index < -0.39 is 33.6 Å². The number of benzene rings is 3. The smallest absolute Gasteiger partial charge is 0.285 e. The van der Waals surface area contributed by atoms with Crippen molar-refractivity contribution >= 4 is 27.5 Å². The minimum atomic E-state index is -3.74. The van der Waals surface area contributed by atoms with Crippen molar-refractivity contribution in [1.29, 1.82) is 0 Å². The second kappa shape index (κ2) is 7.92. The lowest BCUT2D eigenvalue weighted by Crippen LogP contribution is -2.27. The lowest BCUT2D eigenvalue weighted by molar-refractivity contribution is 0.0939. The third kappa shape index (κ3) is 4.17. The van der Waals surface area contributed by atoms with Gasteiger partial charge in [-0.2, -0.15) is 8.42 Å². The van der Waals surface area contributed by atoms with Gasteiger partial charge in [-0.15, -0.1) is 4.40 Å². The Morgan fingerprint density at radius 1 is 1.00 bits per heavy atom. The zero-order chi connectivity index (χ0) is 22.2. The third-order valence-electron chi connectivity index (χ3n) is 4.81. The summed E-state index contributed by atoms with van der Waals surface area (Å²) in [7, 11) is -3.74. The molecule has 0 aliphatic carbocycles. The monoisotopic (exact) mass is 441 g/mol. The zero-order valence-corrected chi connectivity index (χ0v) is 17.1. The summed E-state index contributed by atoms with van der Waals surface area (Å²) in [6, 6.07) is 15.1. The van der Waals surface area contributed by atoms with E-state index in [1.807, 2.05) is 0 Å². The molecule has 31 heavy (non-hydrogen) atoms. The minimum absolute atomic E-state index is 0.0470. The lowest BCUT2D eigenvalue weighted by Gasteiger charge is -2.15. The number of carbonyl (C=O) groups excluding carboxylic acids is 1. The van der Waals surface area contributed by atoms with E-state index in [9.17, 15) is 22.0 Å². The van der Waals surface area contributed by atoms with E-state index in [1.54, 1.807) is 37.3 Å². The van der Waals surface area contributed by atoms with Gasteiger partial charge >= 0.3 is 0 Å². The van der Waals surface area contributed by atoms with Crippen molar-refractivity contribution in [1.82, 2.24) is 5.32 Å². The molecular weight excluding hydrogens is 424 g/mol. The normalized spacial score (nSPS) is 15.0. The molecule has 3 aromatic carbocycles. The molecule has 0 bridgehead atoms. The molecule has 0 aromatic heterocycles. The fraction of sp³-hybridized carbons (Fsp3) is 0.0909. The number of sulfonamides is 1. The van der Waals surface area contributed by atoms with E-state index in [4.69, 9.17) is 0 Å². The fourth-order valence-corrected chi connectivity index (χ4v) is 4.42. The summed E-state index contributed by atoms with van der Waals surface area (Å²) in [4.78, 5) is 12.6. The summed E-state index contributed by atoms with van der Waals surface area (Å²) in [5.74, 6) is -1.47. The number of hydrogen-bond acceptors (Lipinski definition) is 4. The molecule has 9 heteroatoms. The average molecular weight is 441 g/mol. The molecule has 1 aliphatic heterocycles. The number of nitrogens with zero attached hydrogens (tertiary/aromatic N) is 1. The van der Waals surface area contributed by atoms with Gasteiger partial charge in [-0.05, 0) is 61.5 Å². The van der Waals surface area contributed by atoms with E-state index in [0.717, 1.165) is 18.2 Å². The van der Waals surface area contributed by atoms with Crippen molar-refractivity contribution in [2.24, 2.45) is 4.40 Å². The van der Waals surface area contributed by atoms with Crippen LogP contribution in [0, 0.1) is 11.6 Å². The van der Waals surface area contributed by atoms with Gasteiger partial charge in [0.1, 0.15) is 16.5 Å². The predicted molar refractivity (Wildman–Crippen MR) is 112 cm³/mol. The van der Waals surface area contributed by atoms with Crippen molar-refractivity contribution < 1.29 is 22.0 Å². The summed E-state index contributed by atoms with van der Waals surface area (Å²) in [5.41, 5.74) is 1.35. The maximum atomic E-state index is 13.9. The Labute approximate surface area is 177 Å². The SMILES string of the molecule is CC(NC(=O)c1ccc(NC2=NS(=O)(=O)c3ccccc32)cc1)c1cc(F)ccc1F. The largest absolute Gasteiger partial charge is 0.345 e. The second-order valence-corrected chi connectivity index (χ2v) is 8.55. The number of nitrogens with one attached hydrogen (secondary N) is 2. The Morgan fingerprint density at radius 3 is 2.45 bits per heavy atom. The maximum Gasteiger partial charge on any atom is 0.285 e. The van der Waals surface area contributed by atoms with Crippen LogP contribution in [0.1, 0.15) is 34.5 Å².